The minimum absolute atomic E-state index is 0. The van der Waals surface area contributed by atoms with E-state index in [-0.39, 0.29) is 258 Å². The van der Waals surface area contributed by atoms with Crippen molar-refractivity contribution in [2.24, 2.45) is 0 Å². The molecule has 0 heterocycles. The largest absolute Gasteiger partial charge is 3.00 e. The van der Waals surface area contributed by atoms with Gasteiger partial charge in [0, 0.05) is 22.4 Å². The normalized spacial score (nSPS) is 0. The Morgan fingerprint density at radius 1 is 0.286 bits per heavy atom. The van der Waals surface area contributed by atoms with Crippen molar-refractivity contribution in [1.82, 2.24) is 0 Å². The van der Waals surface area contributed by atoms with E-state index >= 15 is 0 Å². The average Bonchev–Trinajstić information content (AvgIpc) is 0. The molecule has 0 saturated heterocycles. The summed E-state index contributed by atoms with van der Waals surface area (Å²) in [7, 11) is 0. The molecule has 0 saturated carbocycles. The summed E-state index contributed by atoms with van der Waals surface area (Å²) in [5.74, 6) is 0. The third kappa shape index (κ3) is 132. The van der Waals surface area contributed by atoms with Gasteiger partial charge in [-0.1, -0.05) is 0 Å². The molecule has 14 heavy (non-hydrogen) atoms. The molecular weight excluding hydrogens is 819 g/mol. The van der Waals surface area contributed by atoms with Crippen LogP contribution in [-0.2, 0) is 111 Å². The summed E-state index contributed by atoms with van der Waals surface area (Å²) in [4.78, 5) is 0. The van der Waals surface area contributed by atoms with E-state index in [2.05, 4.69) is 0 Å². The van der Waals surface area contributed by atoms with Gasteiger partial charge in [0.25, 0.3) is 0 Å². The summed E-state index contributed by atoms with van der Waals surface area (Å²) < 4.78 is 0. The monoisotopic (exact) mass is 820 g/mol. The fraction of sp³-hybridized carbons (Fsp3) is 0. The van der Waals surface area contributed by atoms with Crippen molar-refractivity contribution in [1.29, 1.82) is 0 Å². The maximum Gasteiger partial charge on any atom is 3.00 e. The van der Waals surface area contributed by atoms with Crippen molar-refractivity contribution in [3.63, 3.8) is 0 Å². The molecule has 73 valence electrons. The predicted octanol–water partition coefficient (Wildman–Crippen LogP) is -2.10. The second-order valence-electron chi connectivity index (χ2n) is 0. The molecule has 0 aromatic carbocycles. The van der Waals surface area contributed by atoms with Crippen LogP contribution in [0.5, 0.6) is 0 Å². The molecule has 0 amide bonds. The molecule has 0 aromatic rings. The first-order valence-electron chi connectivity index (χ1n) is 0. The molecule has 0 bridgehead atoms. The second kappa shape index (κ2) is 155. The molecule has 0 N–H and O–H groups in total. The van der Waals surface area contributed by atoms with Crippen molar-refractivity contribution < 1.29 is 111 Å². The Morgan fingerprint density at radius 3 is 0.286 bits per heavy atom. The van der Waals surface area contributed by atoms with Gasteiger partial charge in [-0.2, -0.15) is 0 Å². The molecule has 0 rings (SSSR count). The van der Waals surface area contributed by atoms with Crippen molar-refractivity contribution >= 4 is 147 Å². The van der Waals surface area contributed by atoms with Crippen LogP contribution in [0.4, 0.5) is 0 Å². The van der Waals surface area contributed by atoms with Crippen LogP contribution in [0.25, 0.3) is 0 Å². The number of hydrogen-bond donors (Lipinski definition) is 0. The molecule has 14 heteroatoms. The van der Waals surface area contributed by atoms with E-state index in [1.165, 1.54) is 0 Å². The van der Waals surface area contributed by atoms with Gasteiger partial charge in [-0.05, 0) is 0 Å². The Balaban J connectivity index is 0. The molecule has 0 aliphatic carbocycles. The Labute approximate surface area is 250 Å². The van der Waals surface area contributed by atoms with E-state index in [0.29, 0.717) is 0 Å². The van der Waals surface area contributed by atoms with Crippen LogP contribution in [0.1, 0.15) is 0 Å². The quantitative estimate of drug-likeness (QED) is 0.240. The first kappa shape index (κ1) is 181. The van der Waals surface area contributed by atoms with Gasteiger partial charge in [0.05, 0.1) is 0 Å². The smallest absolute Gasteiger partial charge is 2.00 e. The van der Waals surface area contributed by atoms with Crippen molar-refractivity contribution in [3.8, 4) is 0 Å². The van der Waals surface area contributed by atoms with Gasteiger partial charge in [0.15, 0.2) is 0 Å². The summed E-state index contributed by atoms with van der Waals surface area (Å²) in [6.07, 6.45) is 0. The second-order valence-corrected chi connectivity index (χ2v) is 0. The summed E-state index contributed by atoms with van der Waals surface area (Å²) in [6, 6.07) is 0. The van der Waals surface area contributed by atoms with E-state index in [4.69, 9.17) is 0 Å². The predicted molar refractivity (Wildman–Crippen MR) is 22.8 cm³/mol. The van der Waals surface area contributed by atoms with E-state index in [1.807, 2.05) is 0 Å². The summed E-state index contributed by atoms with van der Waals surface area (Å²) in [5, 5.41) is 0. The topological polar surface area (TPSA) is 228 Å². The molecule has 0 fully saturated rings. The molecule has 0 aliphatic rings. The summed E-state index contributed by atoms with van der Waals surface area (Å²) >= 11 is 0. The summed E-state index contributed by atoms with van der Waals surface area (Å²) in [5.41, 5.74) is 0. The Morgan fingerprint density at radius 2 is 0.286 bits per heavy atom. The SMILES string of the molecule is [Ba+2].[Ba+2].[Ba+2].[Nb+3].[Nb+3].[Nb].[O-2].[O-2].[O-2].[O-2].[O-2].[O-2].[O-2].[O-2]. The van der Waals surface area contributed by atoms with Gasteiger partial charge in [-0.15, -0.1) is 0 Å². The Kier molecular flexibility index (Phi) is 2010. The van der Waals surface area contributed by atoms with Crippen LogP contribution in [0.2, 0.25) is 0 Å². The van der Waals surface area contributed by atoms with Gasteiger partial charge in [-0.25, -0.2) is 0 Å². The van der Waals surface area contributed by atoms with Crippen LogP contribution in [0, 0.1) is 0 Å². The molecule has 0 aromatic heterocycles. The third-order valence-corrected chi connectivity index (χ3v) is 0. The molecule has 8 nitrogen and oxygen atoms in total. The Hall–Kier alpha value is 6.62. The van der Waals surface area contributed by atoms with Crippen LogP contribution < -0.4 is 0 Å². The number of hydrogen-bond acceptors (Lipinski definition) is 0. The maximum atomic E-state index is 0. The number of rotatable bonds is 0. The summed E-state index contributed by atoms with van der Waals surface area (Å²) in [6.45, 7) is 0. The first-order valence-corrected chi connectivity index (χ1v) is 0. The van der Waals surface area contributed by atoms with Crippen molar-refractivity contribution in [2.75, 3.05) is 0 Å². The average molecular weight is 819 g/mol. The minimum atomic E-state index is 0. The third-order valence-electron chi connectivity index (χ3n) is 0. The van der Waals surface area contributed by atoms with Gasteiger partial charge < -0.3 is 43.8 Å². The van der Waals surface area contributed by atoms with E-state index in [0.717, 1.165) is 0 Å². The zero-order valence-electron chi connectivity index (χ0n) is 6.73. The van der Waals surface area contributed by atoms with Crippen LogP contribution in [0.15, 0.2) is 0 Å². The maximum absolute atomic E-state index is 0. The van der Waals surface area contributed by atoms with Gasteiger partial charge in [-0.3, -0.25) is 0 Å². The minimum Gasteiger partial charge on any atom is -2.00 e. The molecule has 0 unspecified atom stereocenters. The molecular formula is Ba3Nb3O8-4. The Bertz CT molecular complexity index is 19.8. The van der Waals surface area contributed by atoms with Gasteiger partial charge >= 0.3 is 191 Å². The molecule has 0 atom stereocenters. The van der Waals surface area contributed by atoms with Crippen LogP contribution in [0.3, 0.4) is 0 Å². The van der Waals surface area contributed by atoms with Gasteiger partial charge in [0.2, 0.25) is 0 Å². The fourth-order valence-corrected chi connectivity index (χ4v) is 0. The van der Waals surface area contributed by atoms with E-state index in [1.54, 1.807) is 0 Å². The van der Waals surface area contributed by atoms with Crippen LogP contribution in [-0.4, -0.2) is 147 Å². The van der Waals surface area contributed by atoms with E-state index < -0.39 is 0 Å². The van der Waals surface area contributed by atoms with E-state index in [9.17, 15) is 0 Å². The fourth-order valence-electron chi connectivity index (χ4n) is 0. The van der Waals surface area contributed by atoms with Crippen molar-refractivity contribution in [2.45, 2.75) is 0 Å². The zero-order valence-corrected chi connectivity index (χ0v) is 26.6. The molecule has 0 spiro atoms. The zero-order chi connectivity index (χ0) is 0. The standard InChI is InChI=1S/3Ba.3Nb.8O/q3*+2;;2*+3;8*-2. The molecule has 0 aliphatic heterocycles. The van der Waals surface area contributed by atoms with Crippen molar-refractivity contribution in [3.05, 3.63) is 0 Å². The first-order chi connectivity index (χ1) is 0. The van der Waals surface area contributed by atoms with Crippen LogP contribution >= 0.6 is 0 Å². The molecule has 1 radical (unpaired) electrons. The van der Waals surface area contributed by atoms with Gasteiger partial charge in [0.1, 0.15) is 0 Å².